The van der Waals surface area contributed by atoms with Crippen LogP contribution in [-0.2, 0) is 0 Å². The van der Waals surface area contributed by atoms with E-state index in [1.165, 1.54) is 0 Å². The number of halogens is 3. The summed E-state index contributed by atoms with van der Waals surface area (Å²) in [6.07, 6.45) is 0. The Balaban J connectivity index is 2.50. The van der Waals surface area contributed by atoms with Gasteiger partial charge in [-0.25, -0.2) is 4.39 Å². The second-order valence-electron chi connectivity index (χ2n) is 4.00. The number of hydrogen-bond acceptors (Lipinski definition) is 3. The minimum absolute atomic E-state index is 0.109. The Morgan fingerprint density at radius 3 is 2.65 bits per heavy atom. The van der Waals surface area contributed by atoms with Gasteiger partial charge in [-0.1, -0.05) is 33.6 Å². The first-order valence-corrected chi connectivity index (χ1v) is 6.63. The third-order valence-electron chi connectivity index (χ3n) is 2.57. The third kappa shape index (κ3) is 3.08. The minimum atomic E-state index is -0.864. The van der Waals surface area contributed by atoms with Gasteiger partial charge in [-0.15, -0.1) is 0 Å². The van der Waals surface area contributed by atoms with Crippen LogP contribution in [0.1, 0.15) is 5.56 Å². The Hall–Kier alpha value is -1.66. The fourth-order valence-electron chi connectivity index (χ4n) is 1.54. The number of benzene rings is 2. The molecule has 7 heteroatoms. The molecule has 20 heavy (non-hydrogen) atoms. The van der Waals surface area contributed by atoms with Gasteiger partial charge in [0.15, 0.2) is 0 Å². The van der Waals surface area contributed by atoms with Gasteiger partial charge in [0.1, 0.15) is 11.6 Å². The molecule has 0 aliphatic heterocycles. The van der Waals surface area contributed by atoms with Gasteiger partial charge in [-0.2, -0.15) is 0 Å². The molecule has 0 fully saturated rings. The molecule has 0 spiro atoms. The summed E-state index contributed by atoms with van der Waals surface area (Å²) in [6.45, 7) is 1.79. The average molecular weight is 361 g/mol. The Bertz CT molecular complexity index is 694. The zero-order valence-electron chi connectivity index (χ0n) is 10.2. The van der Waals surface area contributed by atoms with Crippen LogP contribution in [-0.4, -0.2) is 4.92 Å². The Kier molecular flexibility index (Phi) is 4.25. The lowest BCUT2D eigenvalue weighted by molar-refractivity contribution is -0.385. The molecule has 0 aromatic heterocycles. The van der Waals surface area contributed by atoms with Crippen molar-refractivity contribution in [2.45, 2.75) is 6.92 Å². The first-order valence-electron chi connectivity index (χ1n) is 5.46. The number of rotatable bonds is 3. The van der Waals surface area contributed by atoms with Crippen LogP contribution in [0.5, 0.6) is 11.5 Å². The smallest absolute Gasteiger partial charge is 0.314 e. The van der Waals surface area contributed by atoms with Crippen molar-refractivity contribution in [2.75, 3.05) is 0 Å². The summed E-state index contributed by atoms with van der Waals surface area (Å²) in [7, 11) is 0. The zero-order chi connectivity index (χ0) is 14.9. The second kappa shape index (κ2) is 5.76. The first-order chi connectivity index (χ1) is 9.38. The highest BCUT2D eigenvalue weighted by molar-refractivity contribution is 9.10. The predicted molar refractivity (Wildman–Crippen MR) is 77.0 cm³/mol. The SMILES string of the molecule is Cc1ccc(Br)cc1Oc1cc(Cl)c(F)cc1[N+](=O)[O-]. The highest BCUT2D eigenvalue weighted by Gasteiger charge is 2.20. The predicted octanol–water partition coefficient (Wildman–Crippen LogP) is 5.25. The summed E-state index contributed by atoms with van der Waals surface area (Å²) in [4.78, 5) is 10.2. The van der Waals surface area contributed by atoms with Crippen molar-refractivity contribution in [1.29, 1.82) is 0 Å². The van der Waals surface area contributed by atoms with E-state index in [-0.39, 0.29) is 10.8 Å². The third-order valence-corrected chi connectivity index (χ3v) is 3.35. The van der Waals surface area contributed by atoms with Crippen molar-refractivity contribution >= 4 is 33.2 Å². The fourth-order valence-corrected chi connectivity index (χ4v) is 2.04. The van der Waals surface area contributed by atoms with Crippen LogP contribution in [0.25, 0.3) is 0 Å². The lowest BCUT2D eigenvalue weighted by Gasteiger charge is -2.10. The van der Waals surface area contributed by atoms with Gasteiger partial charge >= 0.3 is 5.69 Å². The van der Waals surface area contributed by atoms with E-state index in [1.54, 1.807) is 19.1 Å². The summed E-state index contributed by atoms with van der Waals surface area (Å²) in [6, 6.07) is 7.10. The molecule has 2 aromatic rings. The minimum Gasteiger partial charge on any atom is -0.450 e. The maximum absolute atomic E-state index is 13.3. The van der Waals surface area contributed by atoms with Crippen LogP contribution >= 0.6 is 27.5 Å². The van der Waals surface area contributed by atoms with E-state index >= 15 is 0 Å². The number of aryl methyl sites for hydroxylation is 1. The number of nitro benzene ring substituents is 1. The standard InChI is InChI=1S/C13H8BrClFNO3/c1-7-2-3-8(14)4-12(7)20-13-5-9(15)10(16)6-11(13)17(18)19/h2-6H,1H3. The fraction of sp³-hybridized carbons (Fsp3) is 0.0769. The van der Waals surface area contributed by atoms with Crippen LogP contribution in [0, 0.1) is 22.9 Å². The van der Waals surface area contributed by atoms with Gasteiger partial charge in [0, 0.05) is 10.5 Å². The Morgan fingerprint density at radius 2 is 2.00 bits per heavy atom. The van der Waals surface area contributed by atoms with E-state index in [9.17, 15) is 14.5 Å². The maximum Gasteiger partial charge on any atom is 0.314 e. The molecular formula is C13H8BrClFNO3. The molecule has 0 saturated carbocycles. The van der Waals surface area contributed by atoms with Crippen LogP contribution in [0.4, 0.5) is 10.1 Å². The van der Waals surface area contributed by atoms with Crippen LogP contribution in [0.3, 0.4) is 0 Å². The highest BCUT2D eigenvalue weighted by atomic mass is 79.9. The number of nitrogens with zero attached hydrogens (tertiary/aromatic N) is 1. The van der Waals surface area contributed by atoms with E-state index in [0.29, 0.717) is 5.75 Å². The molecule has 2 aromatic carbocycles. The largest absolute Gasteiger partial charge is 0.450 e. The Morgan fingerprint density at radius 1 is 1.30 bits per heavy atom. The zero-order valence-corrected chi connectivity index (χ0v) is 12.5. The van der Waals surface area contributed by atoms with Gasteiger partial charge in [-0.05, 0) is 24.6 Å². The van der Waals surface area contributed by atoms with Gasteiger partial charge in [0.2, 0.25) is 5.75 Å². The molecule has 104 valence electrons. The van der Waals surface area contributed by atoms with Crippen molar-refractivity contribution in [3.8, 4) is 11.5 Å². The van der Waals surface area contributed by atoms with Crippen molar-refractivity contribution < 1.29 is 14.1 Å². The van der Waals surface area contributed by atoms with Gasteiger partial charge in [0.05, 0.1) is 16.0 Å². The molecule has 0 N–H and O–H groups in total. The molecule has 0 saturated heterocycles. The summed E-state index contributed by atoms with van der Waals surface area (Å²) < 4.78 is 19.6. The van der Waals surface area contributed by atoms with Crippen molar-refractivity contribution in [3.63, 3.8) is 0 Å². The van der Waals surface area contributed by atoms with E-state index in [1.807, 2.05) is 6.07 Å². The monoisotopic (exact) mass is 359 g/mol. The number of ether oxygens (including phenoxy) is 1. The summed E-state index contributed by atoms with van der Waals surface area (Å²) in [5, 5.41) is 10.7. The quantitative estimate of drug-likeness (QED) is 0.555. The van der Waals surface area contributed by atoms with Crippen LogP contribution < -0.4 is 4.74 Å². The van der Waals surface area contributed by atoms with Gasteiger partial charge in [-0.3, -0.25) is 10.1 Å². The normalized spacial score (nSPS) is 10.4. The van der Waals surface area contributed by atoms with E-state index in [2.05, 4.69) is 15.9 Å². The van der Waals surface area contributed by atoms with Gasteiger partial charge in [0.25, 0.3) is 0 Å². The molecular weight excluding hydrogens is 353 g/mol. The summed E-state index contributed by atoms with van der Waals surface area (Å²) >= 11 is 8.92. The molecule has 0 aliphatic carbocycles. The van der Waals surface area contributed by atoms with Crippen LogP contribution in [0.2, 0.25) is 5.02 Å². The lowest BCUT2D eigenvalue weighted by atomic mass is 10.2. The molecule has 2 rings (SSSR count). The Labute approximate surface area is 127 Å². The number of nitro groups is 1. The van der Waals surface area contributed by atoms with Crippen LogP contribution in [0.15, 0.2) is 34.8 Å². The highest BCUT2D eigenvalue weighted by Crippen LogP contribution is 2.37. The van der Waals surface area contributed by atoms with Gasteiger partial charge < -0.3 is 4.74 Å². The maximum atomic E-state index is 13.3. The van der Waals surface area contributed by atoms with Crippen molar-refractivity contribution in [3.05, 3.63) is 61.3 Å². The van der Waals surface area contributed by atoms with Crippen molar-refractivity contribution in [1.82, 2.24) is 0 Å². The van der Waals surface area contributed by atoms with E-state index in [0.717, 1.165) is 22.2 Å². The lowest BCUT2D eigenvalue weighted by Crippen LogP contribution is -1.96. The number of hydrogen-bond donors (Lipinski definition) is 0. The average Bonchev–Trinajstić information content (AvgIpc) is 2.37. The molecule has 0 radical (unpaired) electrons. The molecule has 0 amide bonds. The van der Waals surface area contributed by atoms with E-state index < -0.39 is 16.4 Å². The molecule has 0 unspecified atom stereocenters. The summed E-state index contributed by atoms with van der Waals surface area (Å²) in [5.74, 6) is -0.551. The molecule has 0 bridgehead atoms. The molecule has 0 atom stereocenters. The molecule has 4 nitrogen and oxygen atoms in total. The van der Waals surface area contributed by atoms with Crippen molar-refractivity contribution in [2.24, 2.45) is 0 Å². The second-order valence-corrected chi connectivity index (χ2v) is 5.33. The van der Waals surface area contributed by atoms with E-state index in [4.69, 9.17) is 16.3 Å². The molecule has 0 aliphatic rings. The first kappa shape index (κ1) is 14.7. The topological polar surface area (TPSA) is 52.4 Å². The molecule has 0 heterocycles. The summed E-state index contributed by atoms with van der Waals surface area (Å²) in [5.41, 5.74) is 0.300.